The van der Waals surface area contributed by atoms with Crippen LogP contribution in [0.2, 0.25) is 0 Å². The summed E-state index contributed by atoms with van der Waals surface area (Å²) in [6.07, 6.45) is 2.07. The number of hydrogen-bond donors (Lipinski definition) is 0. The van der Waals surface area contributed by atoms with Gasteiger partial charge in [-0.1, -0.05) is 24.3 Å². The van der Waals surface area contributed by atoms with Crippen LogP contribution in [0.3, 0.4) is 0 Å². The maximum absolute atomic E-state index is 12.3. The highest BCUT2D eigenvalue weighted by Gasteiger charge is 2.14. The predicted molar refractivity (Wildman–Crippen MR) is 128 cm³/mol. The van der Waals surface area contributed by atoms with Crippen molar-refractivity contribution in [3.05, 3.63) is 71.2 Å². The van der Waals surface area contributed by atoms with Crippen molar-refractivity contribution in [2.24, 2.45) is 0 Å². The summed E-state index contributed by atoms with van der Waals surface area (Å²) in [5, 5.41) is 0. The van der Waals surface area contributed by atoms with E-state index in [1.54, 1.807) is 18.1 Å². The second-order valence-corrected chi connectivity index (χ2v) is 8.39. The number of aromatic nitrogens is 1. The number of amides is 1. The van der Waals surface area contributed by atoms with Crippen molar-refractivity contribution < 1.29 is 18.7 Å². The summed E-state index contributed by atoms with van der Waals surface area (Å²) in [6, 6.07) is 14.0. The van der Waals surface area contributed by atoms with Crippen molar-refractivity contribution in [1.29, 1.82) is 0 Å². The minimum absolute atomic E-state index is 0.0931. The summed E-state index contributed by atoms with van der Waals surface area (Å²) < 4.78 is 10.9. The van der Waals surface area contributed by atoms with Crippen molar-refractivity contribution in [3.63, 3.8) is 0 Å². The molecule has 33 heavy (non-hydrogen) atoms. The summed E-state index contributed by atoms with van der Waals surface area (Å²) in [4.78, 5) is 32.2. The highest BCUT2D eigenvalue weighted by molar-refractivity contribution is 5.80. The minimum atomic E-state index is -0.460. The lowest BCUT2D eigenvalue weighted by atomic mass is 10.1. The maximum Gasteiger partial charge on any atom is 0.306 e. The van der Waals surface area contributed by atoms with E-state index in [0.717, 1.165) is 16.8 Å². The molecule has 0 radical (unpaired) electrons. The molecule has 0 spiro atoms. The van der Waals surface area contributed by atoms with Crippen molar-refractivity contribution in [2.45, 2.75) is 33.2 Å². The molecule has 0 N–H and O–H groups in total. The molecule has 0 aliphatic heterocycles. The van der Waals surface area contributed by atoms with Gasteiger partial charge in [-0.05, 0) is 48.7 Å². The van der Waals surface area contributed by atoms with Gasteiger partial charge in [0.2, 0.25) is 0 Å². The van der Waals surface area contributed by atoms with E-state index in [-0.39, 0.29) is 18.9 Å². The van der Waals surface area contributed by atoms with E-state index in [4.69, 9.17) is 9.15 Å². The van der Waals surface area contributed by atoms with Crippen LogP contribution in [0.15, 0.2) is 53.1 Å². The molecule has 3 rings (SSSR count). The fraction of sp³-hybridized carbons (Fsp3) is 0.346. The lowest BCUT2D eigenvalue weighted by Gasteiger charge is -2.18. The molecule has 0 fully saturated rings. The van der Waals surface area contributed by atoms with Gasteiger partial charge in [-0.2, -0.15) is 0 Å². The molecule has 0 atom stereocenters. The highest BCUT2D eigenvalue weighted by Crippen LogP contribution is 2.23. The molecule has 7 nitrogen and oxygen atoms in total. The first-order valence-corrected chi connectivity index (χ1v) is 10.9. The number of rotatable bonds is 9. The van der Waals surface area contributed by atoms with Gasteiger partial charge in [-0.3, -0.25) is 9.59 Å². The van der Waals surface area contributed by atoms with Crippen molar-refractivity contribution >= 4 is 17.6 Å². The van der Waals surface area contributed by atoms with E-state index in [0.29, 0.717) is 24.6 Å². The van der Waals surface area contributed by atoms with E-state index in [2.05, 4.69) is 11.9 Å². The Labute approximate surface area is 195 Å². The monoisotopic (exact) mass is 449 g/mol. The van der Waals surface area contributed by atoms with Gasteiger partial charge in [-0.15, -0.1) is 0 Å². The number of esters is 1. The quantitative estimate of drug-likeness (QED) is 0.457. The largest absolute Gasteiger partial charge is 0.456 e. The Hall–Kier alpha value is -3.61. The predicted octanol–water partition coefficient (Wildman–Crippen LogP) is 4.16. The lowest BCUT2D eigenvalue weighted by Crippen LogP contribution is -2.30. The van der Waals surface area contributed by atoms with Gasteiger partial charge in [0.25, 0.3) is 5.91 Å². The van der Waals surface area contributed by atoms with E-state index < -0.39 is 5.97 Å². The fourth-order valence-corrected chi connectivity index (χ4v) is 3.25. The third-order valence-corrected chi connectivity index (χ3v) is 5.54. The number of aryl methyl sites for hydroxylation is 3. The van der Waals surface area contributed by atoms with E-state index in [1.807, 2.05) is 68.4 Å². The summed E-state index contributed by atoms with van der Waals surface area (Å²) in [5.41, 5.74) is 5.43. The zero-order valence-corrected chi connectivity index (χ0v) is 19.9. The van der Waals surface area contributed by atoms with Gasteiger partial charge in [0.05, 0.1) is 12.6 Å². The molecule has 0 bridgehead atoms. The Bertz CT molecular complexity index is 1100. The standard InChI is InChI=1S/C26H31N3O4/c1-18-6-9-21(14-19(18)2)23-15-27-24(33-23)12-13-26(31)32-17-25(30)29(5)16-20-7-10-22(11-8-20)28(3)4/h6-11,14-15H,12-13,16-17H2,1-5H3. The van der Waals surface area contributed by atoms with E-state index >= 15 is 0 Å². The van der Waals surface area contributed by atoms with E-state index in [9.17, 15) is 9.59 Å². The van der Waals surface area contributed by atoms with Gasteiger partial charge < -0.3 is 19.0 Å². The van der Waals surface area contributed by atoms with Crippen molar-refractivity contribution in [1.82, 2.24) is 9.88 Å². The molecule has 174 valence electrons. The number of hydrogen-bond acceptors (Lipinski definition) is 6. The van der Waals surface area contributed by atoms with Crippen LogP contribution in [0.5, 0.6) is 0 Å². The Kier molecular flexibility index (Phi) is 7.87. The van der Waals surface area contributed by atoms with Crippen molar-refractivity contribution in [2.75, 3.05) is 32.6 Å². The summed E-state index contributed by atoms with van der Waals surface area (Å²) in [6.45, 7) is 4.26. The zero-order chi connectivity index (χ0) is 24.0. The van der Waals surface area contributed by atoms with Gasteiger partial charge in [-0.25, -0.2) is 4.98 Å². The molecule has 0 aliphatic carbocycles. The summed E-state index contributed by atoms with van der Waals surface area (Å²) >= 11 is 0. The van der Waals surface area contributed by atoms with E-state index in [1.165, 1.54) is 11.1 Å². The second kappa shape index (κ2) is 10.8. The maximum atomic E-state index is 12.3. The van der Waals surface area contributed by atoms with Crippen LogP contribution < -0.4 is 4.90 Å². The molecule has 0 aliphatic rings. The number of benzene rings is 2. The van der Waals surface area contributed by atoms with Crippen LogP contribution in [0.25, 0.3) is 11.3 Å². The van der Waals surface area contributed by atoms with Crippen LogP contribution in [0, 0.1) is 13.8 Å². The van der Waals surface area contributed by atoms with Gasteiger partial charge in [0.15, 0.2) is 18.3 Å². The Morgan fingerprint density at radius 1 is 1.00 bits per heavy atom. The van der Waals surface area contributed by atoms with Crippen LogP contribution in [0.1, 0.15) is 29.0 Å². The van der Waals surface area contributed by atoms with Gasteiger partial charge in [0, 0.05) is 45.4 Å². The lowest BCUT2D eigenvalue weighted by molar-refractivity contribution is -0.151. The summed E-state index contributed by atoms with van der Waals surface area (Å²) in [5.74, 6) is 0.410. The molecular weight excluding hydrogens is 418 g/mol. The zero-order valence-electron chi connectivity index (χ0n) is 19.9. The highest BCUT2D eigenvalue weighted by atomic mass is 16.5. The average molecular weight is 450 g/mol. The number of carbonyl (C=O) groups is 2. The Morgan fingerprint density at radius 2 is 1.73 bits per heavy atom. The first-order valence-electron chi connectivity index (χ1n) is 10.9. The van der Waals surface area contributed by atoms with Gasteiger partial charge >= 0.3 is 5.97 Å². The van der Waals surface area contributed by atoms with Crippen LogP contribution >= 0.6 is 0 Å². The molecular formula is C26H31N3O4. The first-order chi connectivity index (χ1) is 15.7. The Balaban J connectivity index is 1.43. The number of likely N-dealkylation sites (N-methyl/N-ethyl adjacent to an activating group) is 1. The normalized spacial score (nSPS) is 10.7. The van der Waals surface area contributed by atoms with Crippen molar-refractivity contribution in [3.8, 4) is 11.3 Å². The Morgan fingerprint density at radius 3 is 2.39 bits per heavy atom. The number of anilines is 1. The molecule has 1 amide bonds. The second-order valence-electron chi connectivity index (χ2n) is 8.39. The van der Waals surface area contributed by atoms with Crippen LogP contribution in [-0.2, 0) is 27.3 Å². The first kappa shape index (κ1) is 24.0. The molecule has 2 aromatic carbocycles. The number of carbonyl (C=O) groups excluding carboxylic acids is 2. The number of nitrogens with zero attached hydrogens (tertiary/aromatic N) is 3. The fourth-order valence-electron chi connectivity index (χ4n) is 3.25. The molecule has 3 aromatic rings. The molecule has 0 saturated carbocycles. The van der Waals surface area contributed by atoms with Crippen LogP contribution in [-0.4, -0.2) is 49.5 Å². The average Bonchev–Trinajstić information content (AvgIpc) is 3.27. The smallest absolute Gasteiger partial charge is 0.306 e. The molecule has 1 aromatic heterocycles. The number of ether oxygens (including phenoxy) is 1. The van der Waals surface area contributed by atoms with Crippen LogP contribution in [0.4, 0.5) is 5.69 Å². The van der Waals surface area contributed by atoms with Gasteiger partial charge in [0.1, 0.15) is 0 Å². The topological polar surface area (TPSA) is 75.9 Å². The summed E-state index contributed by atoms with van der Waals surface area (Å²) in [7, 11) is 5.65. The minimum Gasteiger partial charge on any atom is -0.456 e. The molecule has 0 unspecified atom stereocenters. The third kappa shape index (κ3) is 6.68. The molecule has 7 heteroatoms. The molecule has 1 heterocycles. The SMILES string of the molecule is Cc1ccc(-c2cnc(CCC(=O)OCC(=O)N(C)Cc3ccc(N(C)C)cc3)o2)cc1C. The third-order valence-electron chi connectivity index (χ3n) is 5.54. The molecule has 0 saturated heterocycles. The number of oxazole rings is 1.